The number of hydrogen-bond donors (Lipinski definition) is 1. The van der Waals surface area contributed by atoms with Crippen molar-refractivity contribution in [3.05, 3.63) is 29.8 Å². The normalized spacial score (nSPS) is 14.5. The number of nitrogens with one attached hydrogen (secondary N) is 1. The molecule has 0 heterocycles. The molecule has 0 aliphatic carbocycles. The lowest BCUT2D eigenvalue weighted by molar-refractivity contribution is 0.402. The van der Waals surface area contributed by atoms with Gasteiger partial charge in [0.15, 0.2) is 0 Å². The number of benzene rings is 1. The minimum atomic E-state index is 0.325. The smallest absolute Gasteiger partial charge is 0.123 e. The highest BCUT2D eigenvalue weighted by Crippen LogP contribution is 2.24. The van der Waals surface area contributed by atoms with Crippen LogP contribution in [-0.4, -0.2) is 25.2 Å². The van der Waals surface area contributed by atoms with E-state index < -0.39 is 0 Å². The van der Waals surface area contributed by atoms with E-state index in [1.807, 2.05) is 30.0 Å². The first-order valence-corrected chi connectivity index (χ1v) is 6.87. The monoisotopic (exact) mass is 239 g/mol. The van der Waals surface area contributed by atoms with Crippen molar-refractivity contribution >= 4 is 11.8 Å². The Labute approximate surface area is 103 Å². The molecule has 0 aromatic heterocycles. The first kappa shape index (κ1) is 13.4. The van der Waals surface area contributed by atoms with Gasteiger partial charge in [-0.25, -0.2) is 0 Å². The van der Waals surface area contributed by atoms with E-state index in [2.05, 4.69) is 31.5 Å². The topological polar surface area (TPSA) is 21.3 Å². The van der Waals surface area contributed by atoms with Crippen LogP contribution < -0.4 is 10.1 Å². The summed E-state index contributed by atoms with van der Waals surface area (Å²) in [6, 6.07) is 8.49. The minimum Gasteiger partial charge on any atom is -0.496 e. The summed E-state index contributed by atoms with van der Waals surface area (Å²) < 4.78 is 5.35. The molecule has 0 aliphatic heterocycles. The Hall–Kier alpha value is -0.670. The number of thioether (sulfide) groups is 1. The van der Waals surface area contributed by atoms with Crippen molar-refractivity contribution in [3.63, 3.8) is 0 Å². The molecule has 0 saturated heterocycles. The van der Waals surface area contributed by atoms with E-state index in [-0.39, 0.29) is 0 Å². The number of rotatable bonds is 6. The average Bonchev–Trinajstić information content (AvgIpc) is 2.35. The van der Waals surface area contributed by atoms with Crippen molar-refractivity contribution in [2.75, 3.05) is 19.9 Å². The summed E-state index contributed by atoms with van der Waals surface area (Å²) in [7, 11) is 1.72. The summed E-state index contributed by atoms with van der Waals surface area (Å²) in [4.78, 5) is 0. The molecule has 0 radical (unpaired) electrons. The number of para-hydroxylation sites is 1. The third-order valence-electron chi connectivity index (χ3n) is 2.72. The molecular formula is C13H21NOS. The van der Waals surface area contributed by atoms with E-state index in [1.165, 1.54) is 5.56 Å². The van der Waals surface area contributed by atoms with Crippen LogP contribution in [0.5, 0.6) is 5.75 Å². The molecule has 1 N–H and O–H groups in total. The van der Waals surface area contributed by atoms with E-state index >= 15 is 0 Å². The van der Waals surface area contributed by atoms with Gasteiger partial charge >= 0.3 is 0 Å². The largest absolute Gasteiger partial charge is 0.496 e. The maximum atomic E-state index is 5.35. The second-order valence-electron chi connectivity index (χ2n) is 3.92. The van der Waals surface area contributed by atoms with Gasteiger partial charge in [0.2, 0.25) is 0 Å². The molecule has 0 amide bonds. The number of ether oxygens (including phenoxy) is 1. The molecule has 2 unspecified atom stereocenters. The van der Waals surface area contributed by atoms with Crippen LogP contribution in [0, 0.1) is 0 Å². The zero-order valence-electron chi connectivity index (χ0n) is 10.5. The third kappa shape index (κ3) is 3.72. The zero-order chi connectivity index (χ0) is 12.0. The quantitative estimate of drug-likeness (QED) is 0.824. The van der Waals surface area contributed by atoms with Crippen LogP contribution in [0.15, 0.2) is 24.3 Å². The molecule has 3 heteroatoms. The maximum absolute atomic E-state index is 5.35. The lowest BCUT2D eigenvalue weighted by atomic mass is 10.1. The van der Waals surface area contributed by atoms with Crippen LogP contribution in [0.25, 0.3) is 0 Å². The van der Waals surface area contributed by atoms with Gasteiger partial charge in [-0.2, -0.15) is 11.8 Å². The first-order chi connectivity index (χ1) is 7.69. The van der Waals surface area contributed by atoms with Crippen molar-refractivity contribution in [1.29, 1.82) is 0 Å². The highest BCUT2D eigenvalue weighted by Gasteiger charge is 2.10. The Morgan fingerprint density at radius 1 is 1.31 bits per heavy atom. The highest BCUT2D eigenvalue weighted by atomic mass is 32.2. The minimum absolute atomic E-state index is 0.325. The molecule has 0 aliphatic rings. The van der Waals surface area contributed by atoms with E-state index in [4.69, 9.17) is 4.74 Å². The lowest BCUT2D eigenvalue weighted by Crippen LogP contribution is -2.25. The predicted molar refractivity (Wildman–Crippen MR) is 72.4 cm³/mol. The molecule has 16 heavy (non-hydrogen) atoms. The summed E-state index contributed by atoms with van der Waals surface area (Å²) in [6.45, 7) is 5.41. The van der Waals surface area contributed by atoms with Crippen molar-refractivity contribution in [1.82, 2.24) is 5.32 Å². The van der Waals surface area contributed by atoms with Gasteiger partial charge < -0.3 is 10.1 Å². The van der Waals surface area contributed by atoms with Gasteiger partial charge in [0, 0.05) is 23.4 Å². The number of hydrogen-bond acceptors (Lipinski definition) is 3. The van der Waals surface area contributed by atoms with E-state index in [0.29, 0.717) is 11.3 Å². The Morgan fingerprint density at radius 2 is 2.00 bits per heavy atom. The summed E-state index contributed by atoms with van der Waals surface area (Å²) >= 11 is 1.88. The molecular weight excluding hydrogens is 218 g/mol. The maximum Gasteiger partial charge on any atom is 0.123 e. The van der Waals surface area contributed by atoms with Crippen molar-refractivity contribution in [3.8, 4) is 5.75 Å². The number of methoxy groups -OCH3 is 1. The summed E-state index contributed by atoms with van der Waals surface area (Å²) in [5.74, 6) is 0.958. The zero-order valence-corrected chi connectivity index (χ0v) is 11.3. The van der Waals surface area contributed by atoms with Gasteiger partial charge in [0.05, 0.1) is 7.11 Å². The van der Waals surface area contributed by atoms with Gasteiger partial charge in [0.25, 0.3) is 0 Å². The van der Waals surface area contributed by atoms with Crippen LogP contribution >= 0.6 is 11.8 Å². The van der Waals surface area contributed by atoms with Crippen molar-refractivity contribution in [2.45, 2.75) is 25.1 Å². The van der Waals surface area contributed by atoms with E-state index in [9.17, 15) is 0 Å². The molecule has 1 aromatic rings. The van der Waals surface area contributed by atoms with Gasteiger partial charge in [0.1, 0.15) is 5.75 Å². The van der Waals surface area contributed by atoms with Crippen molar-refractivity contribution < 1.29 is 4.74 Å². The second kappa shape index (κ2) is 6.81. The molecule has 2 nitrogen and oxygen atoms in total. The van der Waals surface area contributed by atoms with Crippen LogP contribution in [0.4, 0.5) is 0 Å². The van der Waals surface area contributed by atoms with Crippen LogP contribution in [0.1, 0.15) is 25.5 Å². The van der Waals surface area contributed by atoms with E-state index in [1.54, 1.807) is 7.11 Å². The molecule has 2 atom stereocenters. The Kier molecular flexibility index (Phi) is 5.71. The average molecular weight is 239 g/mol. The molecule has 0 bridgehead atoms. The Morgan fingerprint density at radius 3 is 2.62 bits per heavy atom. The van der Waals surface area contributed by atoms with Crippen LogP contribution in [0.3, 0.4) is 0 Å². The lowest BCUT2D eigenvalue weighted by Gasteiger charge is -2.19. The van der Waals surface area contributed by atoms with E-state index in [0.717, 1.165) is 12.3 Å². The van der Waals surface area contributed by atoms with Gasteiger partial charge in [-0.15, -0.1) is 0 Å². The standard InChI is InChI=1S/C13H21NOS/c1-10(16-4)9-14-11(2)12-7-5-6-8-13(12)15-3/h5-8,10-11,14H,9H2,1-4H3. The van der Waals surface area contributed by atoms with Crippen molar-refractivity contribution in [2.24, 2.45) is 0 Å². The summed E-state index contributed by atoms with van der Waals surface area (Å²) in [5, 5.41) is 4.16. The Balaban J connectivity index is 2.61. The van der Waals surface area contributed by atoms with Crippen LogP contribution in [-0.2, 0) is 0 Å². The van der Waals surface area contributed by atoms with Gasteiger partial charge in [-0.05, 0) is 19.2 Å². The molecule has 0 fully saturated rings. The molecule has 1 aromatic carbocycles. The molecule has 0 saturated carbocycles. The third-order valence-corrected chi connectivity index (χ3v) is 3.69. The first-order valence-electron chi connectivity index (χ1n) is 5.58. The predicted octanol–water partition coefficient (Wildman–Crippen LogP) is 3.10. The summed E-state index contributed by atoms with van der Waals surface area (Å²) in [5.41, 5.74) is 1.22. The van der Waals surface area contributed by atoms with Crippen LogP contribution in [0.2, 0.25) is 0 Å². The fraction of sp³-hybridized carbons (Fsp3) is 0.538. The van der Waals surface area contributed by atoms with Gasteiger partial charge in [-0.3, -0.25) is 0 Å². The molecule has 1 rings (SSSR count). The second-order valence-corrected chi connectivity index (χ2v) is 5.19. The van der Waals surface area contributed by atoms with Gasteiger partial charge in [-0.1, -0.05) is 25.1 Å². The fourth-order valence-electron chi connectivity index (χ4n) is 1.56. The summed E-state index contributed by atoms with van der Waals surface area (Å²) in [6.07, 6.45) is 2.14. The molecule has 90 valence electrons. The SMILES string of the molecule is COc1ccccc1C(C)NCC(C)SC. The highest BCUT2D eigenvalue weighted by molar-refractivity contribution is 7.99. The fourth-order valence-corrected chi connectivity index (χ4v) is 1.82. The molecule has 0 spiro atoms. The Bertz CT molecular complexity index is 317.